The van der Waals surface area contributed by atoms with Gasteiger partial charge >= 0.3 is 0 Å². The first-order valence-corrected chi connectivity index (χ1v) is 3.36. The highest BCUT2D eigenvalue weighted by Crippen LogP contribution is 1.99. The summed E-state index contributed by atoms with van der Waals surface area (Å²) in [7, 11) is 1.82. The molecule has 2 heteroatoms. The van der Waals surface area contributed by atoms with Crippen molar-refractivity contribution in [1.82, 2.24) is 0 Å². The van der Waals surface area contributed by atoms with E-state index in [0.717, 1.165) is 5.75 Å². The first kappa shape index (κ1) is 7.02. The van der Waals surface area contributed by atoms with Crippen molar-refractivity contribution in [2.24, 2.45) is 4.99 Å². The minimum atomic E-state index is 1.13. The van der Waals surface area contributed by atoms with Crippen molar-refractivity contribution < 1.29 is 0 Å². The van der Waals surface area contributed by atoms with Crippen molar-refractivity contribution in [1.29, 1.82) is 0 Å². The first-order chi connectivity index (χ1) is 3.31. The summed E-state index contributed by atoms with van der Waals surface area (Å²) in [5.74, 6) is 1.13. The van der Waals surface area contributed by atoms with E-state index >= 15 is 0 Å². The van der Waals surface area contributed by atoms with Gasteiger partial charge in [-0.3, -0.25) is 4.99 Å². The van der Waals surface area contributed by atoms with Crippen LogP contribution in [0.5, 0.6) is 0 Å². The van der Waals surface area contributed by atoms with Gasteiger partial charge in [0, 0.05) is 7.05 Å². The summed E-state index contributed by atoms with van der Waals surface area (Å²) in [6.07, 6.45) is 0. The average Bonchev–Trinajstić information content (AvgIpc) is 1.68. The highest BCUT2D eigenvalue weighted by Gasteiger charge is 1.81. The topological polar surface area (TPSA) is 12.4 Å². The van der Waals surface area contributed by atoms with Gasteiger partial charge in [0.05, 0.1) is 5.04 Å². The van der Waals surface area contributed by atoms with E-state index in [2.05, 4.69) is 11.9 Å². The van der Waals surface area contributed by atoms with Crippen LogP contribution in [0.2, 0.25) is 0 Å². The van der Waals surface area contributed by atoms with Crippen molar-refractivity contribution >= 4 is 16.8 Å². The molecule has 0 aromatic carbocycles. The molecule has 42 valence electrons. The summed E-state index contributed by atoms with van der Waals surface area (Å²) in [5.41, 5.74) is 0. The largest absolute Gasteiger partial charge is 0.287 e. The van der Waals surface area contributed by atoms with Gasteiger partial charge in [0.2, 0.25) is 0 Å². The minimum Gasteiger partial charge on any atom is -0.287 e. The van der Waals surface area contributed by atoms with Crippen LogP contribution in [-0.4, -0.2) is 17.8 Å². The predicted molar refractivity (Wildman–Crippen MR) is 37.2 cm³/mol. The van der Waals surface area contributed by atoms with E-state index in [1.807, 2.05) is 14.0 Å². The summed E-state index contributed by atoms with van der Waals surface area (Å²) in [6, 6.07) is 0. The molecule has 0 aliphatic heterocycles. The zero-order valence-electron chi connectivity index (χ0n) is 5.06. The molecule has 0 saturated heterocycles. The summed E-state index contributed by atoms with van der Waals surface area (Å²) in [4.78, 5) is 3.96. The molecule has 0 rings (SSSR count). The first-order valence-electron chi connectivity index (χ1n) is 2.37. The molecule has 0 amide bonds. The van der Waals surface area contributed by atoms with Gasteiger partial charge in [-0.05, 0) is 12.7 Å². The Hall–Kier alpha value is 0.0200. The Labute approximate surface area is 49.2 Å². The molecule has 0 aliphatic carbocycles. The molecule has 0 N–H and O–H groups in total. The Morgan fingerprint density at radius 1 is 1.71 bits per heavy atom. The van der Waals surface area contributed by atoms with Crippen LogP contribution in [-0.2, 0) is 0 Å². The number of rotatable bonds is 1. The Kier molecular flexibility index (Phi) is 4.20. The van der Waals surface area contributed by atoms with Crippen LogP contribution in [0.3, 0.4) is 0 Å². The lowest BCUT2D eigenvalue weighted by molar-refractivity contribution is 1.45. The Morgan fingerprint density at radius 3 is 2.43 bits per heavy atom. The third-order valence-electron chi connectivity index (χ3n) is 0.668. The summed E-state index contributed by atoms with van der Waals surface area (Å²) >= 11 is 1.78. The fraction of sp³-hybridized carbons (Fsp3) is 0.800. The molecule has 0 radical (unpaired) electrons. The Balaban J connectivity index is 3.17. The molecule has 0 saturated carbocycles. The third-order valence-corrected chi connectivity index (χ3v) is 1.56. The van der Waals surface area contributed by atoms with E-state index in [9.17, 15) is 0 Å². The number of aliphatic imine (C=N–C) groups is 1. The molecule has 0 atom stereocenters. The van der Waals surface area contributed by atoms with Crippen LogP contribution in [0.1, 0.15) is 13.8 Å². The highest BCUT2D eigenvalue weighted by molar-refractivity contribution is 8.13. The smallest absolute Gasteiger partial charge is 0.0641 e. The summed E-state index contributed by atoms with van der Waals surface area (Å²) in [5, 5.41) is 1.17. The Morgan fingerprint density at radius 2 is 2.29 bits per heavy atom. The van der Waals surface area contributed by atoms with Crippen molar-refractivity contribution in [3.8, 4) is 0 Å². The zero-order valence-corrected chi connectivity index (χ0v) is 5.88. The van der Waals surface area contributed by atoms with Gasteiger partial charge in [0.25, 0.3) is 0 Å². The lowest BCUT2D eigenvalue weighted by Crippen LogP contribution is -1.81. The van der Waals surface area contributed by atoms with Crippen LogP contribution < -0.4 is 0 Å². The van der Waals surface area contributed by atoms with E-state index in [-0.39, 0.29) is 0 Å². The van der Waals surface area contributed by atoms with Crippen LogP contribution in [0, 0.1) is 0 Å². The van der Waals surface area contributed by atoms with Gasteiger partial charge in [-0.25, -0.2) is 0 Å². The monoisotopic (exact) mass is 117 g/mol. The molecule has 0 aromatic heterocycles. The van der Waals surface area contributed by atoms with Gasteiger partial charge < -0.3 is 0 Å². The molecule has 0 aliphatic rings. The maximum atomic E-state index is 3.96. The van der Waals surface area contributed by atoms with Crippen molar-refractivity contribution in [3.63, 3.8) is 0 Å². The second kappa shape index (κ2) is 4.19. The minimum absolute atomic E-state index is 1.13. The van der Waals surface area contributed by atoms with Crippen molar-refractivity contribution in [3.05, 3.63) is 0 Å². The molecule has 0 spiro atoms. The quantitative estimate of drug-likeness (QED) is 0.377. The number of hydrogen-bond acceptors (Lipinski definition) is 2. The normalized spacial score (nSPS) is 12.1. The van der Waals surface area contributed by atoms with Gasteiger partial charge in [-0.1, -0.05) is 6.92 Å². The summed E-state index contributed by atoms with van der Waals surface area (Å²) in [6.45, 7) is 4.15. The van der Waals surface area contributed by atoms with Gasteiger partial charge in [-0.2, -0.15) is 0 Å². The SMILES string of the molecule is CCS/C(C)=N/C. The van der Waals surface area contributed by atoms with Crippen LogP contribution in [0.4, 0.5) is 0 Å². The lowest BCUT2D eigenvalue weighted by atomic mass is 10.9. The average molecular weight is 117 g/mol. The molecular weight excluding hydrogens is 106 g/mol. The standard InChI is InChI=1S/C5H11NS/c1-4-7-5(2)6-3/h4H2,1-3H3/b6-5+. The molecular formula is C5H11NS. The van der Waals surface area contributed by atoms with Crippen molar-refractivity contribution in [2.45, 2.75) is 13.8 Å². The van der Waals surface area contributed by atoms with Crippen LogP contribution in [0.15, 0.2) is 4.99 Å². The third kappa shape index (κ3) is 3.86. The van der Waals surface area contributed by atoms with E-state index in [0.29, 0.717) is 0 Å². The predicted octanol–water partition coefficient (Wildman–Crippen LogP) is 1.79. The molecule has 7 heavy (non-hydrogen) atoms. The summed E-state index contributed by atoms with van der Waals surface area (Å²) < 4.78 is 0. The molecule has 1 nitrogen and oxygen atoms in total. The Bertz CT molecular complexity index is 68.5. The zero-order chi connectivity index (χ0) is 5.70. The number of thioether (sulfide) groups is 1. The lowest BCUT2D eigenvalue weighted by Gasteiger charge is -1.89. The highest BCUT2D eigenvalue weighted by atomic mass is 32.2. The maximum Gasteiger partial charge on any atom is 0.0641 e. The van der Waals surface area contributed by atoms with Crippen LogP contribution >= 0.6 is 11.8 Å². The molecule has 0 aromatic rings. The van der Waals surface area contributed by atoms with Gasteiger partial charge in [0.1, 0.15) is 0 Å². The van der Waals surface area contributed by atoms with E-state index in [4.69, 9.17) is 0 Å². The fourth-order valence-electron chi connectivity index (χ4n) is 0.273. The van der Waals surface area contributed by atoms with Gasteiger partial charge in [-0.15, -0.1) is 11.8 Å². The number of hydrogen-bond donors (Lipinski definition) is 0. The van der Waals surface area contributed by atoms with Crippen LogP contribution in [0.25, 0.3) is 0 Å². The second-order valence-electron chi connectivity index (χ2n) is 1.18. The van der Waals surface area contributed by atoms with Gasteiger partial charge in [0.15, 0.2) is 0 Å². The molecule has 0 bridgehead atoms. The molecule has 0 unspecified atom stereocenters. The second-order valence-corrected chi connectivity index (χ2v) is 2.63. The molecule has 0 heterocycles. The number of nitrogens with zero attached hydrogens (tertiary/aromatic N) is 1. The maximum absolute atomic E-state index is 3.96. The van der Waals surface area contributed by atoms with E-state index in [1.54, 1.807) is 11.8 Å². The fourth-order valence-corrected chi connectivity index (χ4v) is 0.820. The molecule has 0 fully saturated rings. The van der Waals surface area contributed by atoms with E-state index < -0.39 is 0 Å². The van der Waals surface area contributed by atoms with Crippen molar-refractivity contribution in [2.75, 3.05) is 12.8 Å². The van der Waals surface area contributed by atoms with E-state index in [1.165, 1.54) is 5.04 Å².